The minimum Gasteiger partial charge on any atom is -0.349 e. The number of thioether (sulfide) groups is 1. The summed E-state index contributed by atoms with van der Waals surface area (Å²) in [6, 6.07) is 12.1. The Bertz CT molecular complexity index is 953. The first-order chi connectivity index (χ1) is 14.1. The predicted octanol–water partition coefficient (Wildman–Crippen LogP) is 4.06. The van der Waals surface area contributed by atoms with Crippen LogP contribution in [0, 0.1) is 0 Å². The molecular weight excluding hydrogens is 382 g/mol. The zero-order valence-electron chi connectivity index (χ0n) is 16.7. The van der Waals surface area contributed by atoms with Crippen LogP contribution >= 0.6 is 11.8 Å². The molecule has 0 aliphatic rings. The van der Waals surface area contributed by atoms with E-state index >= 15 is 0 Å². The molecule has 1 N–H and O–H groups in total. The van der Waals surface area contributed by atoms with Crippen molar-refractivity contribution < 1.29 is 4.79 Å². The number of nitrogens with zero attached hydrogens (tertiary/aromatic N) is 4. The van der Waals surface area contributed by atoms with Gasteiger partial charge < -0.3 is 5.32 Å². The highest BCUT2D eigenvalue weighted by Crippen LogP contribution is 2.23. The zero-order valence-corrected chi connectivity index (χ0v) is 17.5. The maximum Gasteiger partial charge on any atom is 0.230 e. The number of pyridine rings is 1. The van der Waals surface area contributed by atoms with Gasteiger partial charge in [-0.25, -0.2) is 0 Å². The minimum atomic E-state index is -0.0500. The molecule has 150 valence electrons. The molecule has 0 saturated carbocycles. The number of hydrogen-bond donors (Lipinski definition) is 1. The third-order valence-corrected chi connectivity index (χ3v) is 5.51. The molecule has 7 heteroatoms. The fraction of sp³-hybridized carbons (Fsp3) is 0.273. The second kappa shape index (κ2) is 10.0. The number of aryl methyl sites for hydroxylation is 1. The van der Waals surface area contributed by atoms with Gasteiger partial charge in [0.15, 0.2) is 11.0 Å². The Morgan fingerprint density at radius 1 is 1.28 bits per heavy atom. The Morgan fingerprint density at radius 3 is 2.72 bits per heavy atom. The summed E-state index contributed by atoms with van der Waals surface area (Å²) in [5.41, 5.74) is 3.25. The van der Waals surface area contributed by atoms with Crippen LogP contribution in [0.25, 0.3) is 11.4 Å². The molecule has 0 radical (unpaired) electrons. The van der Waals surface area contributed by atoms with Crippen LogP contribution in [-0.4, -0.2) is 31.4 Å². The van der Waals surface area contributed by atoms with Gasteiger partial charge in [-0.3, -0.25) is 14.3 Å². The quantitative estimate of drug-likeness (QED) is 0.428. The molecule has 3 rings (SSSR count). The van der Waals surface area contributed by atoms with E-state index in [1.54, 1.807) is 18.5 Å². The topological polar surface area (TPSA) is 72.7 Å². The van der Waals surface area contributed by atoms with E-state index in [9.17, 15) is 4.79 Å². The van der Waals surface area contributed by atoms with Gasteiger partial charge in [0.1, 0.15) is 0 Å². The number of aromatic nitrogens is 4. The van der Waals surface area contributed by atoms with Crippen molar-refractivity contribution >= 4 is 17.7 Å². The summed E-state index contributed by atoms with van der Waals surface area (Å²) in [5, 5.41) is 12.3. The summed E-state index contributed by atoms with van der Waals surface area (Å²) >= 11 is 1.36. The number of hydrogen-bond acceptors (Lipinski definition) is 5. The highest BCUT2D eigenvalue weighted by atomic mass is 32.2. The molecular formula is C22H25N5OS. The number of carbonyl (C=O) groups is 1. The van der Waals surface area contributed by atoms with Crippen LogP contribution in [0.2, 0.25) is 0 Å². The van der Waals surface area contributed by atoms with Crippen molar-refractivity contribution in [1.29, 1.82) is 0 Å². The lowest BCUT2D eigenvalue weighted by molar-refractivity contribution is -0.119. The van der Waals surface area contributed by atoms with E-state index in [1.165, 1.54) is 17.3 Å². The molecule has 2 heterocycles. The monoisotopic (exact) mass is 407 g/mol. The molecule has 0 fully saturated rings. The number of amides is 1. The fourth-order valence-corrected chi connectivity index (χ4v) is 3.70. The first-order valence-corrected chi connectivity index (χ1v) is 10.6. The van der Waals surface area contributed by atoms with Gasteiger partial charge in [0.25, 0.3) is 0 Å². The van der Waals surface area contributed by atoms with Crippen molar-refractivity contribution in [2.45, 2.75) is 38.0 Å². The molecule has 0 saturated heterocycles. The molecule has 29 heavy (non-hydrogen) atoms. The van der Waals surface area contributed by atoms with Gasteiger partial charge in [0.05, 0.1) is 11.8 Å². The number of benzene rings is 1. The summed E-state index contributed by atoms with van der Waals surface area (Å²) in [6.07, 6.45) is 6.25. The average molecular weight is 408 g/mol. The molecule has 0 spiro atoms. The average Bonchev–Trinajstić information content (AvgIpc) is 3.16. The maximum absolute atomic E-state index is 12.4. The Balaban J connectivity index is 1.63. The van der Waals surface area contributed by atoms with Crippen LogP contribution in [0.15, 0.2) is 66.6 Å². The van der Waals surface area contributed by atoms with Crippen LogP contribution in [-0.2, 0) is 17.8 Å². The number of carbonyl (C=O) groups excluding carboxylic acids is 1. The minimum absolute atomic E-state index is 0.0434. The third-order valence-electron chi connectivity index (χ3n) is 4.55. The highest BCUT2D eigenvalue weighted by molar-refractivity contribution is 7.99. The number of rotatable bonds is 9. The van der Waals surface area contributed by atoms with E-state index < -0.39 is 0 Å². The summed E-state index contributed by atoms with van der Waals surface area (Å²) in [6.45, 7) is 8.49. The van der Waals surface area contributed by atoms with Gasteiger partial charge in [-0.1, -0.05) is 49.0 Å². The van der Waals surface area contributed by atoms with Gasteiger partial charge in [0, 0.05) is 24.5 Å². The lowest BCUT2D eigenvalue weighted by Gasteiger charge is -2.15. The van der Waals surface area contributed by atoms with Crippen molar-refractivity contribution in [3.8, 4) is 11.4 Å². The Morgan fingerprint density at radius 2 is 2.07 bits per heavy atom. The fourth-order valence-electron chi connectivity index (χ4n) is 2.94. The van der Waals surface area contributed by atoms with Crippen LogP contribution in [0.4, 0.5) is 0 Å². The molecule has 0 unspecified atom stereocenters. The second-order valence-corrected chi connectivity index (χ2v) is 7.56. The van der Waals surface area contributed by atoms with Crippen LogP contribution in [0.3, 0.4) is 0 Å². The Hall–Kier alpha value is -2.93. The molecule has 6 nitrogen and oxygen atoms in total. The Labute approximate surface area is 175 Å². The first-order valence-electron chi connectivity index (χ1n) is 9.57. The SMILES string of the molecule is C=CCn1c(SCC(=O)N[C@@H](C)c2ccc(CC)cc2)nnc1-c1cccnc1. The van der Waals surface area contributed by atoms with E-state index in [-0.39, 0.29) is 17.7 Å². The molecule has 0 bridgehead atoms. The Kier molecular flexibility index (Phi) is 7.19. The van der Waals surface area contributed by atoms with Crippen LogP contribution in [0.5, 0.6) is 0 Å². The molecule has 1 atom stereocenters. The normalized spacial score (nSPS) is 11.8. The predicted molar refractivity (Wildman–Crippen MR) is 117 cm³/mol. The number of nitrogens with one attached hydrogen (secondary N) is 1. The molecule has 0 aliphatic carbocycles. The summed E-state index contributed by atoms with van der Waals surface area (Å²) < 4.78 is 1.94. The standard InChI is InChI=1S/C22H25N5OS/c1-4-13-27-21(19-7-6-12-23-14-19)25-26-22(27)29-15-20(28)24-16(3)18-10-8-17(5-2)9-11-18/h4,6-12,14,16H,1,5,13,15H2,2-3H3,(H,24,28)/t16-/m0/s1. The van der Waals surface area contributed by atoms with Gasteiger partial charge in [0.2, 0.25) is 5.91 Å². The van der Waals surface area contributed by atoms with E-state index in [0.29, 0.717) is 17.5 Å². The van der Waals surface area contributed by atoms with Gasteiger partial charge in [-0.15, -0.1) is 16.8 Å². The van der Waals surface area contributed by atoms with Crippen molar-refractivity contribution in [2.75, 3.05) is 5.75 Å². The van der Waals surface area contributed by atoms with E-state index in [2.05, 4.69) is 58.3 Å². The van der Waals surface area contributed by atoms with Gasteiger partial charge in [-0.05, 0) is 36.6 Å². The molecule has 1 amide bonds. The molecule has 1 aromatic carbocycles. The molecule has 2 aromatic heterocycles. The van der Waals surface area contributed by atoms with Gasteiger partial charge in [-0.2, -0.15) is 0 Å². The van der Waals surface area contributed by atoms with Crippen molar-refractivity contribution in [3.63, 3.8) is 0 Å². The summed E-state index contributed by atoms with van der Waals surface area (Å²) in [7, 11) is 0. The van der Waals surface area contributed by atoms with Crippen molar-refractivity contribution in [3.05, 3.63) is 72.6 Å². The number of allylic oxidation sites excluding steroid dienone is 1. The van der Waals surface area contributed by atoms with Crippen LogP contribution in [0.1, 0.15) is 31.0 Å². The lowest BCUT2D eigenvalue weighted by Crippen LogP contribution is -2.28. The first kappa shape index (κ1) is 20.8. The molecule has 3 aromatic rings. The van der Waals surface area contributed by atoms with E-state index in [1.807, 2.05) is 23.6 Å². The van der Waals surface area contributed by atoms with Gasteiger partial charge >= 0.3 is 0 Å². The largest absolute Gasteiger partial charge is 0.349 e. The van der Waals surface area contributed by atoms with Crippen LogP contribution < -0.4 is 5.32 Å². The van der Waals surface area contributed by atoms with Crippen molar-refractivity contribution in [2.24, 2.45) is 0 Å². The summed E-state index contributed by atoms with van der Waals surface area (Å²) in [5.74, 6) is 0.933. The zero-order chi connectivity index (χ0) is 20.6. The smallest absolute Gasteiger partial charge is 0.230 e. The van der Waals surface area contributed by atoms with E-state index in [4.69, 9.17) is 0 Å². The highest BCUT2D eigenvalue weighted by Gasteiger charge is 2.16. The lowest BCUT2D eigenvalue weighted by atomic mass is 10.1. The van der Waals surface area contributed by atoms with E-state index in [0.717, 1.165) is 17.5 Å². The summed E-state index contributed by atoms with van der Waals surface area (Å²) in [4.78, 5) is 16.6. The van der Waals surface area contributed by atoms with Crippen molar-refractivity contribution in [1.82, 2.24) is 25.1 Å². The molecule has 0 aliphatic heterocycles. The maximum atomic E-state index is 12.4. The second-order valence-electron chi connectivity index (χ2n) is 6.62. The third kappa shape index (κ3) is 5.32.